The third kappa shape index (κ3) is 2.98. The minimum Gasteiger partial charge on any atom is -1.00 e. The molecule has 0 amide bonds. The molecule has 0 radical (unpaired) electrons. The number of diazo groups is 1. The van der Waals surface area contributed by atoms with Crippen molar-refractivity contribution in [3.8, 4) is 0 Å². The maximum Gasteiger partial charge on any atom is 0.389 e. The van der Waals surface area contributed by atoms with Crippen molar-refractivity contribution in [1.29, 1.82) is 5.39 Å². The van der Waals surface area contributed by atoms with Gasteiger partial charge in [-0.3, -0.25) is 4.55 Å². The molecule has 15 heavy (non-hydrogen) atoms. The van der Waals surface area contributed by atoms with E-state index in [1.807, 2.05) is 0 Å². The first kappa shape index (κ1) is 14.5. The van der Waals surface area contributed by atoms with Crippen LogP contribution in [0.15, 0.2) is 21.5 Å². The van der Waals surface area contributed by atoms with Crippen molar-refractivity contribution in [2.24, 2.45) is 0 Å². The highest BCUT2D eigenvalue weighted by Gasteiger charge is 2.24. The quantitative estimate of drug-likeness (QED) is 0.542. The average Bonchev–Trinajstić information content (AvgIpc) is 2.02. The smallest absolute Gasteiger partial charge is 0.389 e. The molecule has 5 nitrogen and oxygen atoms in total. The van der Waals surface area contributed by atoms with Gasteiger partial charge in [-0.05, 0) is 28.9 Å². The third-order valence-corrected chi connectivity index (χ3v) is 3.66. The Kier molecular flexibility index (Phi) is 4.86. The van der Waals surface area contributed by atoms with Gasteiger partial charge in [0.15, 0.2) is 4.98 Å². The largest absolute Gasteiger partial charge is 1.00 e. The maximum atomic E-state index is 10.9. The Bertz CT molecular complexity index is 522. The van der Waals surface area contributed by atoms with Crippen LogP contribution in [0.5, 0.6) is 0 Å². The van der Waals surface area contributed by atoms with E-state index in [-0.39, 0.29) is 37.6 Å². The van der Waals surface area contributed by atoms with Crippen molar-refractivity contribution in [3.63, 3.8) is 0 Å². The Morgan fingerprint density at radius 2 is 2.00 bits per heavy atom. The van der Waals surface area contributed by atoms with E-state index < -0.39 is 10.1 Å². The van der Waals surface area contributed by atoms with E-state index in [1.54, 1.807) is 0 Å². The van der Waals surface area contributed by atoms with Gasteiger partial charge in [-0.2, -0.15) is 8.42 Å². The molecule has 82 valence electrons. The first-order chi connectivity index (χ1) is 6.38. The van der Waals surface area contributed by atoms with Crippen molar-refractivity contribution in [2.45, 2.75) is 11.8 Å². The summed E-state index contributed by atoms with van der Waals surface area (Å²) in [6.45, 7) is 1.43. The molecule has 0 spiro atoms. The van der Waals surface area contributed by atoms with Gasteiger partial charge in [0, 0.05) is 10.5 Å². The van der Waals surface area contributed by atoms with E-state index in [2.05, 4.69) is 20.9 Å². The summed E-state index contributed by atoms with van der Waals surface area (Å²) in [4.78, 5) is 2.60. The zero-order valence-corrected chi connectivity index (χ0v) is 11.5. The summed E-state index contributed by atoms with van der Waals surface area (Å²) in [6, 6.07) is 2.80. The van der Waals surface area contributed by atoms with Gasteiger partial charge in [-0.25, -0.2) is 0 Å². The van der Waals surface area contributed by atoms with E-state index >= 15 is 0 Å². The SMILES string of the molecule is Cc1c([N+]#N)ccc(Br)c1S(=O)(=O)O.[Br-]. The van der Waals surface area contributed by atoms with Gasteiger partial charge < -0.3 is 17.0 Å². The lowest BCUT2D eigenvalue weighted by molar-refractivity contribution is -0.00000724. The molecular weight excluding hydrogens is 352 g/mol. The van der Waals surface area contributed by atoms with E-state index in [0.717, 1.165) is 0 Å². The highest BCUT2D eigenvalue weighted by atomic mass is 79.9. The van der Waals surface area contributed by atoms with Crippen LogP contribution in [0.4, 0.5) is 5.69 Å². The number of hydrogen-bond acceptors (Lipinski definition) is 3. The topological polar surface area (TPSA) is 82.5 Å². The Balaban J connectivity index is 0.00000196. The molecule has 0 aromatic heterocycles. The van der Waals surface area contributed by atoms with Crippen LogP contribution in [0.2, 0.25) is 0 Å². The summed E-state index contributed by atoms with van der Waals surface area (Å²) in [6.07, 6.45) is 0. The lowest BCUT2D eigenvalue weighted by atomic mass is 10.2. The molecular formula is C7H6Br2N2O3S. The van der Waals surface area contributed by atoms with E-state index in [4.69, 9.17) is 9.95 Å². The molecule has 0 atom stereocenters. The number of benzene rings is 1. The van der Waals surface area contributed by atoms with Crippen LogP contribution in [0.1, 0.15) is 5.56 Å². The summed E-state index contributed by atoms with van der Waals surface area (Å²) in [7, 11) is -4.31. The van der Waals surface area contributed by atoms with Crippen LogP contribution in [0.25, 0.3) is 4.98 Å². The second kappa shape index (κ2) is 5.03. The molecule has 0 unspecified atom stereocenters. The van der Waals surface area contributed by atoms with E-state index in [9.17, 15) is 8.42 Å². The summed E-state index contributed by atoms with van der Waals surface area (Å²) < 4.78 is 31.0. The standard InChI is InChI=1S/C7H5BrN2O3S.BrH/c1-4-6(10-9)3-2-5(8)7(4)14(11,12)13;/h2-3H,1H3;1H. The molecule has 0 heterocycles. The lowest BCUT2D eigenvalue weighted by Gasteiger charge is -2.01. The van der Waals surface area contributed by atoms with Gasteiger partial charge in [0.2, 0.25) is 5.39 Å². The molecule has 0 saturated heterocycles. The number of halogens is 2. The average molecular weight is 358 g/mol. The predicted molar refractivity (Wildman–Crippen MR) is 53.4 cm³/mol. The first-order valence-corrected chi connectivity index (χ1v) is 5.73. The molecule has 8 heteroatoms. The monoisotopic (exact) mass is 356 g/mol. The highest BCUT2D eigenvalue weighted by Crippen LogP contribution is 2.31. The Labute approximate surface area is 106 Å². The molecule has 0 fully saturated rings. The minimum atomic E-state index is -4.31. The lowest BCUT2D eigenvalue weighted by Crippen LogP contribution is -3.00. The molecule has 0 aliphatic carbocycles. The molecule has 1 aromatic carbocycles. The molecule has 0 aliphatic heterocycles. The fraction of sp³-hybridized carbons (Fsp3) is 0.143. The normalized spacial score (nSPS) is 10.3. The molecule has 1 aromatic rings. The van der Waals surface area contributed by atoms with Gasteiger partial charge >= 0.3 is 5.69 Å². The van der Waals surface area contributed by atoms with E-state index in [0.29, 0.717) is 0 Å². The Morgan fingerprint density at radius 1 is 1.47 bits per heavy atom. The van der Waals surface area contributed by atoms with Gasteiger partial charge in [0.05, 0.1) is 5.56 Å². The maximum absolute atomic E-state index is 10.9. The van der Waals surface area contributed by atoms with Gasteiger partial charge in [-0.15, -0.1) is 0 Å². The zero-order valence-electron chi connectivity index (χ0n) is 7.48. The highest BCUT2D eigenvalue weighted by molar-refractivity contribution is 9.10. The summed E-state index contributed by atoms with van der Waals surface area (Å²) in [5, 5.41) is 8.53. The number of hydrogen-bond donors (Lipinski definition) is 1. The van der Waals surface area contributed by atoms with Gasteiger partial charge in [0.1, 0.15) is 4.90 Å². The fourth-order valence-electron chi connectivity index (χ4n) is 1.07. The van der Waals surface area contributed by atoms with Crippen LogP contribution >= 0.6 is 15.9 Å². The zero-order chi connectivity index (χ0) is 10.9. The van der Waals surface area contributed by atoms with Crippen LogP contribution in [-0.4, -0.2) is 13.0 Å². The third-order valence-electron chi connectivity index (χ3n) is 1.69. The van der Waals surface area contributed by atoms with Crippen LogP contribution in [0.3, 0.4) is 0 Å². The Morgan fingerprint density at radius 3 is 2.40 bits per heavy atom. The van der Waals surface area contributed by atoms with Crippen LogP contribution < -0.4 is 17.0 Å². The van der Waals surface area contributed by atoms with Crippen molar-refractivity contribution >= 4 is 31.7 Å². The van der Waals surface area contributed by atoms with Crippen molar-refractivity contribution in [2.75, 3.05) is 0 Å². The first-order valence-electron chi connectivity index (χ1n) is 3.49. The molecule has 0 aliphatic rings. The molecule has 0 bridgehead atoms. The van der Waals surface area contributed by atoms with Crippen molar-refractivity contribution in [1.82, 2.24) is 0 Å². The second-order valence-corrected chi connectivity index (χ2v) is 4.81. The fourth-order valence-corrected chi connectivity index (χ4v) is 2.92. The van der Waals surface area contributed by atoms with Crippen molar-refractivity contribution < 1.29 is 30.0 Å². The van der Waals surface area contributed by atoms with Crippen LogP contribution in [-0.2, 0) is 10.1 Å². The van der Waals surface area contributed by atoms with E-state index in [1.165, 1.54) is 19.1 Å². The van der Waals surface area contributed by atoms with Crippen LogP contribution in [0, 0.1) is 12.3 Å². The van der Waals surface area contributed by atoms with Crippen molar-refractivity contribution in [3.05, 3.63) is 27.1 Å². The number of rotatable bonds is 1. The second-order valence-electron chi connectivity index (χ2n) is 2.60. The summed E-state index contributed by atoms with van der Waals surface area (Å²) in [5.74, 6) is 0. The molecule has 1 rings (SSSR count). The predicted octanol–water partition coefficient (Wildman–Crippen LogP) is -0.507. The van der Waals surface area contributed by atoms with Gasteiger partial charge in [0.25, 0.3) is 10.1 Å². The number of nitrogens with zero attached hydrogens (tertiary/aromatic N) is 2. The van der Waals surface area contributed by atoms with Gasteiger partial charge in [-0.1, -0.05) is 0 Å². The molecule has 0 saturated carbocycles. The molecule has 1 N–H and O–H groups in total. The Hall–Kier alpha value is -0.490. The minimum absolute atomic E-state index is 0. The summed E-state index contributed by atoms with van der Waals surface area (Å²) >= 11 is 2.98. The summed E-state index contributed by atoms with van der Waals surface area (Å²) in [5.41, 5.74) is 0.283.